The van der Waals surface area contributed by atoms with E-state index in [0.717, 1.165) is 6.54 Å². The molecule has 0 radical (unpaired) electrons. The van der Waals surface area contributed by atoms with Crippen molar-refractivity contribution in [2.24, 2.45) is 0 Å². The van der Waals surface area contributed by atoms with E-state index in [2.05, 4.69) is 109 Å². The molecule has 4 rings (SSSR count). The zero-order valence-corrected chi connectivity index (χ0v) is 15.0. The van der Waals surface area contributed by atoms with Crippen LogP contribution in [0, 0.1) is 0 Å². The first-order valence-electron chi connectivity index (χ1n) is 9.17. The number of fused-ring (bicyclic) bond motifs is 1. The van der Waals surface area contributed by atoms with Crippen LogP contribution in [0.4, 0.5) is 0 Å². The number of benzene rings is 4. The average Bonchev–Trinajstić information content (AvgIpc) is 2.72. The van der Waals surface area contributed by atoms with Crippen LogP contribution < -0.4 is 5.32 Å². The smallest absolute Gasteiger partial charge is 0.0301 e. The van der Waals surface area contributed by atoms with Gasteiger partial charge in [-0.1, -0.05) is 91.0 Å². The third kappa shape index (κ3) is 3.54. The Balaban J connectivity index is 1.52. The van der Waals surface area contributed by atoms with Crippen molar-refractivity contribution in [2.75, 3.05) is 0 Å². The average molecular weight is 337 g/mol. The minimum absolute atomic E-state index is 0.293. The lowest BCUT2D eigenvalue weighted by Gasteiger charge is -2.17. The summed E-state index contributed by atoms with van der Waals surface area (Å²) in [5, 5.41) is 6.31. The summed E-state index contributed by atoms with van der Waals surface area (Å²) in [5.41, 5.74) is 5.18. The second kappa shape index (κ2) is 7.55. The van der Waals surface area contributed by atoms with Crippen LogP contribution in [0.15, 0.2) is 97.1 Å². The van der Waals surface area contributed by atoms with E-state index in [1.807, 2.05) is 0 Å². The molecule has 0 aliphatic heterocycles. The van der Waals surface area contributed by atoms with Crippen LogP contribution in [0.5, 0.6) is 0 Å². The van der Waals surface area contributed by atoms with Crippen LogP contribution >= 0.6 is 0 Å². The van der Waals surface area contributed by atoms with E-state index in [-0.39, 0.29) is 0 Å². The largest absolute Gasteiger partial charge is 0.306 e. The summed E-state index contributed by atoms with van der Waals surface area (Å²) < 4.78 is 0. The molecule has 4 aromatic carbocycles. The predicted octanol–water partition coefficient (Wildman–Crippen LogP) is 6.36. The first-order valence-corrected chi connectivity index (χ1v) is 9.17. The highest BCUT2D eigenvalue weighted by Crippen LogP contribution is 2.25. The van der Waals surface area contributed by atoms with Gasteiger partial charge in [0.1, 0.15) is 0 Å². The molecule has 0 amide bonds. The summed E-state index contributed by atoms with van der Waals surface area (Å²) >= 11 is 0. The van der Waals surface area contributed by atoms with E-state index in [4.69, 9.17) is 0 Å². The number of hydrogen-bond donors (Lipinski definition) is 1. The highest BCUT2D eigenvalue weighted by Gasteiger charge is 2.09. The quantitative estimate of drug-likeness (QED) is 0.447. The molecule has 0 heterocycles. The molecule has 0 unspecified atom stereocenters. The SMILES string of the molecule is C[C@@H](NCc1cccc(-c2ccccc2)c1)c1cccc2ccccc12. The fourth-order valence-corrected chi connectivity index (χ4v) is 3.50. The van der Waals surface area contributed by atoms with Crippen LogP contribution in [0.2, 0.25) is 0 Å². The molecule has 0 bridgehead atoms. The van der Waals surface area contributed by atoms with Gasteiger partial charge in [-0.3, -0.25) is 0 Å². The van der Waals surface area contributed by atoms with Crippen molar-refractivity contribution >= 4 is 10.8 Å². The van der Waals surface area contributed by atoms with Crippen LogP contribution in [-0.4, -0.2) is 0 Å². The molecule has 0 fully saturated rings. The topological polar surface area (TPSA) is 12.0 Å². The molecule has 1 heteroatoms. The molecule has 0 saturated heterocycles. The maximum Gasteiger partial charge on any atom is 0.0301 e. The minimum atomic E-state index is 0.293. The van der Waals surface area contributed by atoms with Crippen molar-refractivity contribution in [3.63, 3.8) is 0 Å². The summed E-state index contributed by atoms with van der Waals surface area (Å²) in [7, 11) is 0. The highest BCUT2D eigenvalue weighted by molar-refractivity contribution is 5.86. The number of nitrogens with one attached hydrogen (secondary N) is 1. The molecule has 0 saturated carbocycles. The maximum atomic E-state index is 3.69. The van der Waals surface area contributed by atoms with Gasteiger partial charge in [0, 0.05) is 12.6 Å². The lowest BCUT2D eigenvalue weighted by molar-refractivity contribution is 0.578. The van der Waals surface area contributed by atoms with Gasteiger partial charge in [0.25, 0.3) is 0 Å². The summed E-state index contributed by atoms with van der Waals surface area (Å²) in [6, 6.07) is 34.8. The molecule has 1 nitrogen and oxygen atoms in total. The molecule has 0 aliphatic rings. The zero-order valence-electron chi connectivity index (χ0n) is 15.0. The summed E-state index contributed by atoms with van der Waals surface area (Å²) in [5.74, 6) is 0. The maximum absolute atomic E-state index is 3.69. The Hall–Kier alpha value is -2.90. The van der Waals surface area contributed by atoms with Gasteiger partial charge in [-0.25, -0.2) is 0 Å². The summed E-state index contributed by atoms with van der Waals surface area (Å²) in [4.78, 5) is 0. The fraction of sp³-hybridized carbons (Fsp3) is 0.120. The van der Waals surface area contributed by atoms with E-state index in [9.17, 15) is 0 Å². The molecule has 0 spiro atoms. The molecule has 0 aromatic heterocycles. The van der Waals surface area contributed by atoms with Gasteiger partial charge in [0.05, 0.1) is 0 Å². The second-order valence-corrected chi connectivity index (χ2v) is 6.74. The van der Waals surface area contributed by atoms with Gasteiger partial charge >= 0.3 is 0 Å². The lowest BCUT2D eigenvalue weighted by Crippen LogP contribution is -2.18. The molecule has 26 heavy (non-hydrogen) atoms. The standard InChI is InChI=1S/C25H23N/c1-19(24-16-8-13-22-12-5-6-15-25(22)24)26-18-20-9-7-14-23(17-20)21-10-3-2-4-11-21/h2-17,19,26H,18H2,1H3/t19-/m1/s1. The van der Waals surface area contributed by atoms with E-state index in [1.54, 1.807) is 0 Å². The Labute approximate surface area is 155 Å². The molecule has 1 atom stereocenters. The van der Waals surface area contributed by atoms with Crippen molar-refractivity contribution in [1.82, 2.24) is 5.32 Å². The zero-order chi connectivity index (χ0) is 17.8. The summed E-state index contributed by atoms with van der Waals surface area (Å²) in [6.07, 6.45) is 0. The first kappa shape index (κ1) is 16.6. The molecular weight excluding hydrogens is 314 g/mol. The Morgan fingerprint density at radius 2 is 1.38 bits per heavy atom. The first-order chi connectivity index (χ1) is 12.8. The second-order valence-electron chi connectivity index (χ2n) is 6.74. The van der Waals surface area contributed by atoms with Crippen molar-refractivity contribution in [1.29, 1.82) is 0 Å². The van der Waals surface area contributed by atoms with Gasteiger partial charge in [-0.15, -0.1) is 0 Å². The fourth-order valence-electron chi connectivity index (χ4n) is 3.50. The third-order valence-electron chi connectivity index (χ3n) is 4.94. The Morgan fingerprint density at radius 1 is 0.692 bits per heavy atom. The van der Waals surface area contributed by atoms with Gasteiger partial charge in [-0.05, 0) is 46.0 Å². The monoisotopic (exact) mass is 337 g/mol. The molecule has 128 valence electrons. The minimum Gasteiger partial charge on any atom is -0.306 e. The normalized spacial score (nSPS) is 12.2. The van der Waals surface area contributed by atoms with Crippen molar-refractivity contribution in [3.05, 3.63) is 108 Å². The van der Waals surface area contributed by atoms with Crippen molar-refractivity contribution < 1.29 is 0 Å². The highest BCUT2D eigenvalue weighted by atomic mass is 14.9. The van der Waals surface area contributed by atoms with Crippen LogP contribution in [0.1, 0.15) is 24.1 Å². The Kier molecular flexibility index (Phi) is 4.81. The Bertz CT molecular complexity index is 999. The van der Waals surface area contributed by atoms with E-state index >= 15 is 0 Å². The van der Waals surface area contributed by atoms with Crippen molar-refractivity contribution in [2.45, 2.75) is 19.5 Å². The molecular formula is C25H23N. The van der Waals surface area contributed by atoms with Gasteiger partial charge in [0.2, 0.25) is 0 Å². The van der Waals surface area contributed by atoms with E-state index < -0.39 is 0 Å². The van der Waals surface area contributed by atoms with Crippen LogP contribution in [0.25, 0.3) is 21.9 Å². The van der Waals surface area contributed by atoms with Crippen molar-refractivity contribution in [3.8, 4) is 11.1 Å². The van der Waals surface area contributed by atoms with Crippen LogP contribution in [-0.2, 0) is 6.54 Å². The van der Waals surface area contributed by atoms with Gasteiger partial charge in [-0.2, -0.15) is 0 Å². The van der Waals surface area contributed by atoms with Gasteiger partial charge < -0.3 is 5.32 Å². The third-order valence-corrected chi connectivity index (χ3v) is 4.94. The summed E-state index contributed by atoms with van der Waals surface area (Å²) in [6.45, 7) is 3.09. The number of hydrogen-bond acceptors (Lipinski definition) is 1. The molecule has 0 aliphatic carbocycles. The molecule has 1 N–H and O–H groups in total. The lowest BCUT2D eigenvalue weighted by atomic mass is 9.99. The predicted molar refractivity (Wildman–Crippen MR) is 111 cm³/mol. The number of rotatable bonds is 5. The van der Waals surface area contributed by atoms with E-state index in [1.165, 1.54) is 33.0 Å². The van der Waals surface area contributed by atoms with Crippen LogP contribution in [0.3, 0.4) is 0 Å². The Morgan fingerprint density at radius 3 is 2.27 bits per heavy atom. The van der Waals surface area contributed by atoms with Gasteiger partial charge in [0.15, 0.2) is 0 Å². The van der Waals surface area contributed by atoms with E-state index in [0.29, 0.717) is 6.04 Å². The molecule has 4 aromatic rings.